The van der Waals surface area contributed by atoms with Crippen molar-refractivity contribution in [3.05, 3.63) is 46.8 Å². The fourth-order valence-corrected chi connectivity index (χ4v) is 4.30. The first-order chi connectivity index (χ1) is 17.3. The second-order valence-electron chi connectivity index (χ2n) is 8.65. The molecular formula is C24H32ClFN6O4. The number of carbonyl (C=O) groups excluding carboxylic acids is 3. The summed E-state index contributed by atoms with van der Waals surface area (Å²) in [6.45, 7) is 4.42. The number of rotatable bonds is 7. The van der Waals surface area contributed by atoms with E-state index in [9.17, 15) is 18.8 Å². The number of hydrogen-bond acceptors (Lipinski definition) is 6. The molecule has 1 saturated heterocycles. The van der Waals surface area contributed by atoms with Crippen molar-refractivity contribution in [2.45, 2.75) is 32.1 Å². The molecule has 1 saturated carbocycles. The van der Waals surface area contributed by atoms with Crippen LogP contribution in [0.15, 0.2) is 24.5 Å². The van der Waals surface area contributed by atoms with Gasteiger partial charge in [-0.15, -0.1) is 0 Å². The van der Waals surface area contributed by atoms with Gasteiger partial charge < -0.3 is 26.1 Å². The van der Waals surface area contributed by atoms with Crippen molar-refractivity contribution in [1.29, 1.82) is 0 Å². The minimum absolute atomic E-state index is 0.00166. The van der Waals surface area contributed by atoms with Crippen molar-refractivity contribution in [3.8, 4) is 0 Å². The summed E-state index contributed by atoms with van der Waals surface area (Å²) in [5, 5.41) is 5.74. The number of hydrogen-bond donors (Lipinski definition) is 4. The fourth-order valence-electron chi connectivity index (χ4n) is 4.09. The molecule has 2 aliphatic rings. The largest absolute Gasteiger partial charge is 0.379 e. The molecular weight excluding hydrogens is 491 g/mol. The second-order valence-corrected chi connectivity index (χ2v) is 9.06. The van der Waals surface area contributed by atoms with Crippen LogP contribution in [0.3, 0.4) is 0 Å². The van der Waals surface area contributed by atoms with Crippen LogP contribution in [0.5, 0.6) is 0 Å². The Balaban J connectivity index is 0.000000202. The molecule has 2 aromatic rings. The third-order valence-corrected chi connectivity index (χ3v) is 6.39. The van der Waals surface area contributed by atoms with E-state index in [1.807, 2.05) is 0 Å². The number of primary amides is 1. The molecule has 1 aliphatic carbocycles. The van der Waals surface area contributed by atoms with Gasteiger partial charge in [0.1, 0.15) is 11.5 Å². The van der Waals surface area contributed by atoms with Gasteiger partial charge in [-0.05, 0) is 31.0 Å². The van der Waals surface area contributed by atoms with Gasteiger partial charge in [0.05, 0.1) is 30.3 Å². The quantitative estimate of drug-likeness (QED) is 0.440. The maximum absolute atomic E-state index is 12.8. The highest BCUT2D eigenvalue weighted by atomic mass is 35.5. The van der Waals surface area contributed by atoms with E-state index >= 15 is 0 Å². The van der Waals surface area contributed by atoms with E-state index < -0.39 is 11.7 Å². The minimum Gasteiger partial charge on any atom is -0.379 e. The Kier molecular flexibility index (Phi) is 10.6. The molecule has 196 valence electrons. The highest BCUT2D eigenvalue weighted by molar-refractivity contribution is 6.33. The summed E-state index contributed by atoms with van der Waals surface area (Å²) in [7, 11) is 0. The number of imidazole rings is 1. The Hall–Kier alpha value is -3.02. The van der Waals surface area contributed by atoms with Gasteiger partial charge in [0, 0.05) is 32.1 Å². The summed E-state index contributed by atoms with van der Waals surface area (Å²) in [6.07, 6.45) is 6.57. The van der Waals surface area contributed by atoms with Gasteiger partial charge in [-0.25, -0.2) is 9.37 Å². The van der Waals surface area contributed by atoms with Crippen LogP contribution in [-0.2, 0) is 9.53 Å². The molecule has 1 aliphatic heterocycles. The maximum Gasteiger partial charge on any atom is 0.270 e. The molecule has 4 rings (SSSR count). The highest BCUT2D eigenvalue weighted by Crippen LogP contribution is 2.27. The molecule has 12 heteroatoms. The number of anilines is 1. The summed E-state index contributed by atoms with van der Waals surface area (Å²) in [6, 6.07) is 4.00. The van der Waals surface area contributed by atoms with Gasteiger partial charge in [0.2, 0.25) is 5.91 Å². The standard InChI is InChI=1S/C13H15ClFNO.C11H17N5O3/c14-11-8-10(15)6-7-12(11)16-13(17)9-4-2-1-3-5-9;12-10(17)8-9(15-7-14-8)11(18)13-1-2-16-3-5-19-6-4-16/h6-9H,1-5H2,(H,16,17);7H,1-6H2,(H2,12,17)(H,13,18)(H,14,15). The van der Waals surface area contributed by atoms with Crippen LogP contribution in [0.4, 0.5) is 10.1 Å². The Morgan fingerprint density at radius 3 is 2.58 bits per heavy atom. The number of aromatic amines is 1. The van der Waals surface area contributed by atoms with E-state index in [0.29, 0.717) is 12.2 Å². The van der Waals surface area contributed by atoms with Crippen molar-refractivity contribution in [2.24, 2.45) is 11.7 Å². The number of carbonyl (C=O) groups is 3. The molecule has 3 amide bonds. The third kappa shape index (κ3) is 8.28. The molecule has 36 heavy (non-hydrogen) atoms. The van der Waals surface area contributed by atoms with E-state index in [2.05, 4.69) is 25.5 Å². The van der Waals surface area contributed by atoms with E-state index in [1.165, 1.54) is 30.9 Å². The summed E-state index contributed by atoms with van der Waals surface area (Å²) >= 11 is 5.86. The second kappa shape index (κ2) is 13.9. The van der Waals surface area contributed by atoms with Gasteiger partial charge in [-0.3, -0.25) is 19.3 Å². The van der Waals surface area contributed by atoms with Crippen LogP contribution in [0, 0.1) is 11.7 Å². The third-order valence-electron chi connectivity index (χ3n) is 6.08. The predicted octanol–water partition coefficient (Wildman–Crippen LogP) is 2.57. The van der Waals surface area contributed by atoms with E-state index in [4.69, 9.17) is 22.1 Å². The number of amides is 3. The van der Waals surface area contributed by atoms with Crippen LogP contribution in [0.2, 0.25) is 5.02 Å². The molecule has 0 unspecified atom stereocenters. The van der Waals surface area contributed by atoms with Gasteiger partial charge >= 0.3 is 0 Å². The zero-order valence-corrected chi connectivity index (χ0v) is 20.8. The molecule has 0 radical (unpaired) electrons. The van der Waals surface area contributed by atoms with Crippen LogP contribution < -0.4 is 16.4 Å². The van der Waals surface area contributed by atoms with Crippen molar-refractivity contribution in [2.75, 3.05) is 44.7 Å². The van der Waals surface area contributed by atoms with E-state index in [1.54, 1.807) is 0 Å². The number of benzene rings is 1. The fraction of sp³-hybridized carbons (Fsp3) is 0.500. The van der Waals surface area contributed by atoms with Crippen LogP contribution >= 0.6 is 11.6 Å². The van der Waals surface area contributed by atoms with Crippen molar-refractivity contribution < 1.29 is 23.5 Å². The average molecular weight is 523 g/mol. The Labute approximate surface area is 214 Å². The van der Waals surface area contributed by atoms with E-state index in [-0.39, 0.29) is 34.1 Å². The molecule has 10 nitrogen and oxygen atoms in total. The molecule has 5 N–H and O–H groups in total. The molecule has 1 aromatic heterocycles. The summed E-state index contributed by atoms with van der Waals surface area (Å²) in [5.74, 6) is -1.42. The van der Waals surface area contributed by atoms with Crippen LogP contribution in [0.1, 0.15) is 53.1 Å². The molecule has 0 bridgehead atoms. The lowest BCUT2D eigenvalue weighted by Crippen LogP contribution is -2.41. The SMILES string of the molecule is NC(=O)c1nc[nH]c1C(=O)NCCN1CCOCC1.O=C(Nc1ccc(F)cc1Cl)C1CCCCC1. The number of halogens is 2. The average Bonchev–Trinajstić information content (AvgIpc) is 3.38. The zero-order valence-electron chi connectivity index (χ0n) is 20.0. The monoisotopic (exact) mass is 522 g/mol. The Bertz CT molecular complexity index is 1040. The number of H-pyrrole nitrogens is 1. The number of ether oxygens (including phenoxy) is 1. The molecule has 0 atom stereocenters. The first kappa shape index (κ1) is 27.6. The first-order valence-electron chi connectivity index (χ1n) is 12.0. The van der Waals surface area contributed by atoms with Gasteiger partial charge in [-0.2, -0.15) is 0 Å². The Morgan fingerprint density at radius 1 is 1.19 bits per heavy atom. The van der Waals surface area contributed by atoms with Gasteiger partial charge in [0.15, 0.2) is 5.69 Å². The van der Waals surface area contributed by atoms with Crippen LogP contribution in [0.25, 0.3) is 0 Å². The molecule has 2 fully saturated rings. The first-order valence-corrected chi connectivity index (χ1v) is 12.4. The van der Waals surface area contributed by atoms with Gasteiger partial charge in [0.25, 0.3) is 11.8 Å². The smallest absolute Gasteiger partial charge is 0.270 e. The van der Waals surface area contributed by atoms with Crippen molar-refractivity contribution >= 4 is 35.0 Å². The minimum atomic E-state index is -0.723. The summed E-state index contributed by atoms with van der Waals surface area (Å²) in [4.78, 5) is 43.4. The lowest BCUT2D eigenvalue weighted by atomic mass is 9.88. The predicted molar refractivity (Wildman–Crippen MR) is 133 cm³/mol. The lowest BCUT2D eigenvalue weighted by Gasteiger charge is -2.26. The molecule has 2 heterocycles. The zero-order chi connectivity index (χ0) is 25.9. The maximum atomic E-state index is 12.8. The summed E-state index contributed by atoms with van der Waals surface area (Å²) < 4.78 is 18.1. The number of nitrogens with two attached hydrogens (primary N) is 1. The normalized spacial score (nSPS) is 16.5. The summed E-state index contributed by atoms with van der Waals surface area (Å²) in [5.41, 5.74) is 5.68. The molecule has 1 aromatic carbocycles. The highest BCUT2D eigenvalue weighted by Gasteiger charge is 2.22. The van der Waals surface area contributed by atoms with Crippen LogP contribution in [-0.4, -0.2) is 72.0 Å². The van der Waals surface area contributed by atoms with Gasteiger partial charge in [-0.1, -0.05) is 30.9 Å². The number of morpholine rings is 1. The Morgan fingerprint density at radius 2 is 1.92 bits per heavy atom. The molecule has 0 spiro atoms. The van der Waals surface area contributed by atoms with Crippen molar-refractivity contribution in [1.82, 2.24) is 20.2 Å². The number of aromatic nitrogens is 2. The number of nitrogens with one attached hydrogen (secondary N) is 3. The number of nitrogens with zero attached hydrogens (tertiary/aromatic N) is 2. The van der Waals surface area contributed by atoms with E-state index in [0.717, 1.165) is 58.5 Å². The topological polar surface area (TPSA) is 142 Å². The lowest BCUT2D eigenvalue weighted by molar-refractivity contribution is -0.120. The van der Waals surface area contributed by atoms with Crippen molar-refractivity contribution in [3.63, 3.8) is 0 Å².